The molecule has 1 N–H and O–H groups in total. The van der Waals surface area contributed by atoms with E-state index in [0.29, 0.717) is 18.7 Å². The molecule has 1 amide bonds. The minimum atomic E-state index is -0.673. The largest absolute Gasteiger partial charge is 0.320 e. The van der Waals surface area contributed by atoms with Crippen LogP contribution < -0.4 is 5.32 Å². The zero-order valence-electron chi connectivity index (χ0n) is 9.49. The van der Waals surface area contributed by atoms with Crippen LogP contribution in [0.15, 0.2) is 18.2 Å². The minimum absolute atomic E-state index is 0.129. The third-order valence-electron chi connectivity index (χ3n) is 2.22. The number of anilines is 1. The first kappa shape index (κ1) is 14.4. The fourth-order valence-corrected chi connectivity index (χ4v) is 1.55. The Kier molecular flexibility index (Phi) is 5.51. The van der Waals surface area contributed by atoms with E-state index in [0.717, 1.165) is 18.2 Å². The van der Waals surface area contributed by atoms with Crippen LogP contribution in [0.25, 0.3) is 0 Å². The summed E-state index contributed by atoms with van der Waals surface area (Å²) in [5, 5.41) is 13.0. The zero-order chi connectivity index (χ0) is 13.5. The van der Waals surface area contributed by atoms with Gasteiger partial charge in [0.25, 0.3) is 5.69 Å². The monoisotopic (exact) mass is 274 g/mol. The Morgan fingerprint density at radius 1 is 1.44 bits per heavy atom. The molecule has 0 fully saturated rings. The molecule has 1 aromatic rings. The summed E-state index contributed by atoms with van der Waals surface area (Å²) in [5.41, 5.74) is -0.460. The van der Waals surface area contributed by atoms with Crippen molar-refractivity contribution in [2.24, 2.45) is 0 Å². The quantitative estimate of drug-likeness (QED) is 0.375. The van der Waals surface area contributed by atoms with E-state index in [2.05, 4.69) is 5.32 Å². The van der Waals surface area contributed by atoms with E-state index < -0.39 is 16.6 Å². The van der Waals surface area contributed by atoms with E-state index in [9.17, 15) is 19.3 Å². The number of halogens is 2. The van der Waals surface area contributed by atoms with Crippen LogP contribution in [0.1, 0.15) is 19.3 Å². The molecule has 0 saturated heterocycles. The molecule has 7 heteroatoms. The lowest BCUT2D eigenvalue weighted by Crippen LogP contribution is -2.12. The number of carbonyl (C=O) groups excluding carboxylic acids is 1. The summed E-state index contributed by atoms with van der Waals surface area (Å²) in [5.74, 6) is -0.585. The summed E-state index contributed by atoms with van der Waals surface area (Å²) in [7, 11) is 0. The lowest BCUT2D eigenvalue weighted by molar-refractivity contribution is -0.384. The van der Waals surface area contributed by atoms with Crippen molar-refractivity contribution in [2.75, 3.05) is 11.2 Å². The number of hydrogen-bond donors (Lipinski definition) is 1. The molecule has 98 valence electrons. The first-order chi connectivity index (χ1) is 8.54. The van der Waals surface area contributed by atoms with E-state index >= 15 is 0 Å². The predicted molar refractivity (Wildman–Crippen MR) is 66.3 cm³/mol. The van der Waals surface area contributed by atoms with Crippen LogP contribution in [0.3, 0.4) is 0 Å². The second-order valence-corrected chi connectivity index (χ2v) is 3.99. The Morgan fingerprint density at radius 2 is 2.17 bits per heavy atom. The molecular formula is C11H12ClFN2O3. The molecule has 5 nitrogen and oxygen atoms in total. The molecular weight excluding hydrogens is 263 g/mol. The van der Waals surface area contributed by atoms with Crippen LogP contribution in [0.5, 0.6) is 0 Å². The average Bonchev–Trinajstić information content (AvgIpc) is 2.29. The molecule has 0 aliphatic carbocycles. The number of nitro benzene ring substituents is 1. The number of nitro groups is 1. The molecule has 0 aliphatic rings. The van der Waals surface area contributed by atoms with Crippen molar-refractivity contribution < 1.29 is 14.1 Å². The van der Waals surface area contributed by atoms with E-state index in [-0.39, 0.29) is 17.8 Å². The van der Waals surface area contributed by atoms with Gasteiger partial charge in [0, 0.05) is 24.4 Å². The van der Waals surface area contributed by atoms with Crippen molar-refractivity contribution in [3.63, 3.8) is 0 Å². The molecule has 0 atom stereocenters. The maximum Gasteiger partial charge on any atom is 0.292 e. The third-order valence-corrected chi connectivity index (χ3v) is 2.48. The number of hydrogen-bond acceptors (Lipinski definition) is 3. The summed E-state index contributed by atoms with van der Waals surface area (Å²) in [6.45, 7) is 0. The number of carbonyl (C=O) groups is 1. The van der Waals surface area contributed by atoms with Gasteiger partial charge >= 0.3 is 0 Å². The van der Waals surface area contributed by atoms with Gasteiger partial charge in [-0.3, -0.25) is 14.9 Å². The lowest BCUT2D eigenvalue weighted by atomic mass is 10.2. The van der Waals surface area contributed by atoms with Gasteiger partial charge in [-0.05, 0) is 18.9 Å². The average molecular weight is 275 g/mol. The molecule has 0 aromatic heterocycles. The van der Waals surface area contributed by atoms with Crippen LogP contribution in [0.4, 0.5) is 15.8 Å². The van der Waals surface area contributed by atoms with Crippen LogP contribution in [0.2, 0.25) is 0 Å². The van der Waals surface area contributed by atoms with E-state index in [1.807, 2.05) is 0 Å². The van der Waals surface area contributed by atoms with Crippen molar-refractivity contribution in [3.8, 4) is 0 Å². The number of unbranched alkanes of at least 4 members (excludes halogenated alkanes) is 1. The maximum atomic E-state index is 13.0. The van der Waals surface area contributed by atoms with Gasteiger partial charge in [-0.1, -0.05) is 0 Å². The standard InChI is InChI=1S/C11H12ClFN2O3/c12-6-2-1-3-11(16)14-9-7-8(13)4-5-10(9)15(17)18/h4-5,7H,1-3,6H2,(H,14,16). The Balaban J connectivity index is 2.73. The number of nitrogens with zero attached hydrogens (tertiary/aromatic N) is 1. The molecule has 0 aliphatic heterocycles. The number of amides is 1. The number of nitrogens with one attached hydrogen (secondary N) is 1. The highest BCUT2D eigenvalue weighted by atomic mass is 35.5. The van der Waals surface area contributed by atoms with Gasteiger partial charge in [-0.15, -0.1) is 11.6 Å². The summed E-state index contributed by atoms with van der Waals surface area (Å²) >= 11 is 5.46. The highest BCUT2D eigenvalue weighted by Gasteiger charge is 2.16. The van der Waals surface area contributed by atoms with Gasteiger partial charge in [0.2, 0.25) is 5.91 Å². The smallest absolute Gasteiger partial charge is 0.292 e. The summed E-state index contributed by atoms with van der Waals surface area (Å²) in [6.07, 6.45) is 1.46. The van der Waals surface area contributed by atoms with Gasteiger partial charge in [0.05, 0.1) is 4.92 Å². The molecule has 0 bridgehead atoms. The Bertz CT molecular complexity index is 454. The number of alkyl halides is 1. The lowest BCUT2D eigenvalue weighted by Gasteiger charge is -2.05. The molecule has 1 rings (SSSR count). The zero-order valence-corrected chi connectivity index (χ0v) is 10.2. The van der Waals surface area contributed by atoms with Crippen LogP contribution >= 0.6 is 11.6 Å². The summed E-state index contributed by atoms with van der Waals surface area (Å²) in [4.78, 5) is 21.5. The van der Waals surface area contributed by atoms with Crippen molar-refractivity contribution in [1.29, 1.82) is 0 Å². The maximum absolute atomic E-state index is 13.0. The SMILES string of the molecule is O=C(CCCCCl)Nc1cc(F)ccc1[N+](=O)[O-]. The molecule has 0 heterocycles. The summed E-state index contributed by atoms with van der Waals surface area (Å²) in [6, 6.07) is 2.92. The fraction of sp³-hybridized carbons (Fsp3) is 0.364. The Morgan fingerprint density at radius 3 is 2.78 bits per heavy atom. The fourth-order valence-electron chi connectivity index (χ4n) is 1.36. The van der Waals surface area contributed by atoms with Gasteiger partial charge in [0.1, 0.15) is 11.5 Å². The predicted octanol–water partition coefficient (Wildman–Crippen LogP) is 3.08. The highest BCUT2D eigenvalue weighted by Crippen LogP contribution is 2.25. The first-order valence-corrected chi connectivity index (χ1v) is 5.88. The first-order valence-electron chi connectivity index (χ1n) is 5.34. The molecule has 0 unspecified atom stereocenters. The minimum Gasteiger partial charge on any atom is -0.320 e. The van der Waals surface area contributed by atoms with Gasteiger partial charge < -0.3 is 5.32 Å². The number of rotatable bonds is 6. The Hall–Kier alpha value is -1.69. The Labute approximate surface area is 108 Å². The topological polar surface area (TPSA) is 72.2 Å². The number of benzene rings is 1. The molecule has 18 heavy (non-hydrogen) atoms. The van der Waals surface area contributed by atoms with Crippen molar-refractivity contribution >= 4 is 28.9 Å². The highest BCUT2D eigenvalue weighted by molar-refractivity contribution is 6.17. The normalized spacial score (nSPS) is 10.1. The van der Waals surface area contributed by atoms with Crippen LogP contribution in [-0.4, -0.2) is 16.7 Å². The van der Waals surface area contributed by atoms with Crippen LogP contribution in [0, 0.1) is 15.9 Å². The van der Waals surface area contributed by atoms with Crippen molar-refractivity contribution in [1.82, 2.24) is 0 Å². The van der Waals surface area contributed by atoms with Crippen molar-refractivity contribution in [2.45, 2.75) is 19.3 Å². The summed E-state index contributed by atoms with van der Waals surface area (Å²) < 4.78 is 13.0. The van der Waals surface area contributed by atoms with Gasteiger partial charge in [0.15, 0.2) is 0 Å². The van der Waals surface area contributed by atoms with E-state index in [1.165, 1.54) is 0 Å². The van der Waals surface area contributed by atoms with Gasteiger partial charge in [-0.2, -0.15) is 0 Å². The van der Waals surface area contributed by atoms with Gasteiger partial charge in [-0.25, -0.2) is 4.39 Å². The van der Waals surface area contributed by atoms with Crippen molar-refractivity contribution in [3.05, 3.63) is 34.1 Å². The van der Waals surface area contributed by atoms with E-state index in [4.69, 9.17) is 11.6 Å². The second-order valence-electron chi connectivity index (χ2n) is 3.61. The second kappa shape index (κ2) is 6.90. The molecule has 0 spiro atoms. The molecule has 0 radical (unpaired) electrons. The van der Waals surface area contributed by atoms with Crippen LogP contribution in [-0.2, 0) is 4.79 Å². The van der Waals surface area contributed by atoms with E-state index in [1.54, 1.807) is 0 Å². The molecule has 0 saturated carbocycles. The molecule has 1 aromatic carbocycles. The third kappa shape index (κ3) is 4.29.